The van der Waals surface area contributed by atoms with E-state index < -0.39 is 0 Å². The summed E-state index contributed by atoms with van der Waals surface area (Å²) in [6.45, 7) is 1.48. The molecule has 0 N–H and O–H groups in total. The molecule has 0 bridgehead atoms. The fourth-order valence-corrected chi connectivity index (χ4v) is 4.40. The zero-order chi connectivity index (χ0) is 21.7. The summed E-state index contributed by atoms with van der Waals surface area (Å²) in [5.41, 5.74) is 2.54. The summed E-state index contributed by atoms with van der Waals surface area (Å²) in [5.74, 6) is 0.833. The Morgan fingerprint density at radius 1 is 1.12 bits per heavy atom. The first-order valence-electron chi connectivity index (χ1n) is 10.2. The van der Waals surface area contributed by atoms with Gasteiger partial charge < -0.3 is 9.26 Å². The molecule has 1 aliphatic heterocycles. The van der Waals surface area contributed by atoms with Crippen molar-refractivity contribution in [3.05, 3.63) is 75.9 Å². The van der Waals surface area contributed by atoms with Crippen LogP contribution in [0.2, 0.25) is 5.02 Å². The molecule has 160 valence electrons. The van der Waals surface area contributed by atoms with E-state index in [-0.39, 0.29) is 23.8 Å². The molecule has 6 rings (SSSR count). The maximum absolute atomic E-state index is 13.7. The molecule has 1 saturated heterocycles. The topological polar surface area (TPSA) is 100 Å². The zero-order valence-electron chi connectivity index (χ0n) is 16.8. The second kappa shape index (κ2) is 7.54. The first-order valence-corrected chi connectivity index (χ1v) is 10.6. The van der Waals surface area contributed by atoms with Crippen molar-refractivity contribution in [1.82, 2.24) is 29.1 Å². The van der Waals surface area contributed by atoms with Crippen molar-refractivity contribution in [3.63, 3.8) is 0 Å². The van der Waals surface area contributed by atoms with E-state index in [1.807, 2.05) is 30.3 Å². The normalized spacial score (nSPS) is 16.3. The minimum absolute atomic E-state index is 0.0607. The Balaban J connectivity index is 1.58. The standard InChI is InChI=1S/C22H17ClN6O3/c23-15-5-3-6-16-18(15)28(10-14-4-1-2-8-24-14)22(30)19-17(25-12-29(16)19)20-26-21(32-27-20)13-7-9-31-11-13/h1-6,8,12-13H,7,9-11H2. The third-order valence-electron chi connectivity index (χ3n) is 5.69. The molecule has 0 radical (unpaired) electrons. The molecule has 32 heavy (non-hydrogen) atoms. The van der Waals surface area contributed by atoms with Gasteiger partial charge in [0.1, 0.15) is 17.5 Å². The third kappa shape index (κ3) is 3.01. The van der Waals surface area contributed by atoms with E-state index in [0.717, 1.165) is 17.6 Å². The van der Waals surface area contributed by atoms with E-state index in [4.69, 9.17) is 20.9 Å². The van der Waals surface area contributed by atoms with Crippen LogP contribution in [0.5, 0.6) is 0 Å². The van der Waals surface area contributed by atoms with Crippen LogP contribution in [0.4, 0.5) is 0 Å². The number of benzene rings is 1. The number of hydrogen-bond acceptors (Lipinski definition) is 7. The van der Waals surface area contributed by atoms with Crippen molar-refractivity contribution in [3.8, 4) is 11.5 Å². The molecular weight excluding hydrogens is 432 g/mol. The number of pyridine rings is 1. The highest BCUT2D eigenvalue weighted by atomic mass is 35.5. The number of fused-ring (bicyclic) bond motifs is 3. The van der Waals surface area contributed by atoms with Crippen LogP contribution in [-0.4, -0.2) is 42.3 Å². The Hall–Kier alpha value is -3.56. The smallest absolute Gasteiger partial charge is 0.278 e. The molecular formula is C22H17ClN6O3. The molecule has 1 unspecified atom stereocenters. The van der Waals surface area contributed by atoms with Crippen molar-refractivity contribution in [2.75, 3.05) is 13.2 Å². The van der Waals surface area contributed by atoms with Gasteiger partial charge in [0.25, 0.3) is 5.56 Å². The van der Waals surface area contributed by atoms with E-state index >= 15 is 0 Å². The van der Waals surface area contributed by atoms with Gasteiger partial charge in [-0.3, -0.25) is 18.7 Å². The van der Waals surface area contributed by atoms with Crippen LogP contribution in [0.3, 0.4) is 0 Å². The molecule has 0 saturated carbocycles. The van der Waals surface area contributed by atoms with Gasteiger partial charge in [-0.05, 0) is 30.7 Å². The van der Waals surface area contributed by atoms with Crippen LogP contribution in [0.25, 0.3) is 28.1 Å². The molecule has 4 aromatic heterocycles. The molecule has 5 aromatic rings. The van der Waals surface area contributed by atoms with Crippen molar-refractivity contribution in [2.45, 2.75) is 18.9 Å². The Morgan fingerprint density at radius 3 is 2.88 bits per heavy atom. The maximum atomic E-state index is 13.7. The number of hydrogen-bond donors (Lipinski definition) is 0. The summed E-state index contributed by atoms with van der Waals surface area (Å²) in [6.07, 6.45) is 4.11. The number of halogens is 1. The SMILES string of the molecule is O=c1c2c(-c3noc(C4CCOC4)n3)ncn2c2cccc(Cl)c2n1Cc1ccccn1. The lowest BCUT2D eigenvalue weighted by Gasteiger charge is -2.13. The first kappa shape index (κ1) is 19.1. The highest BCUT2D eigenvalue weighted by molar-refractivity contribution is 6.35. The van der Waals surface area contributed by atoms with Gasteiger partial charge in [-0.2, -0.15) is 4.98 Å². The Morgan fingerprint density at radius 2 is 2.06 bits per heavy atom. The summed E-state index contributed by atoms with van der Waals surface area (Å²) in [5, 5.41) is 4.57. The molecule has 0 aliphatic carbocycles. The zero-order valence-corrected chi connectivity index (χ0v) is 17.6. The Kier molecular flexibility index (Phi) is 4.51. The van der Waals surface area contributed by atoms with Crippen LogP contribution in [0.1, 0.15) is 23.9 Å². The number of nitrogens with zero attached hydrogens (tertiary/aromatic N) is 6. The lowest BCUT2D eigenvalue weighted by molar-refractivity contribution is 0.189. The summed E-state index contributed by atoms with van der Waals surface area (Å²) in [6, 6.07) is 11.1. The third-order valence-corrected chi connectivity index (χ3v) is 5.99. The van der Waals surface area contributed by atoms with Gasteiger partial charge in [0.2, 0.25) is 11.7 Å². The van der Waals surface area contributed by atoms with Crippen LogP contribution >= 0.6 is 11.6 Å². The summed E-state index contributed by atoms with van der Waals surface area (Å²) >= 11 is 6.54. The van der Waals surface area contributed by atoms with E-state index in [1.165, 1.54) is 0 Å². The average molecular weight is 449 g/mol. The van der Waals surface area contributed by atoms with Gasteiger partial charge in [-0.25, -0.2) is 4.98 Å². The highest BCUT2D eigenvalue weighted by Crippen LogP contribution is 2.29. The Bertz CT molecular complexity index is 1500. The van der Waals surface area contributed by atoms with Crippen molar-refractivity contribution in [2.24, 2.45) is 0 Å². The highest BCUT2D eigenvalue weighted by Gasteiger charge is 2.26. The van der Waals surface area contributed by atoms with E-state index in [1.54, 1.807) is 27.6 Å². The molecule has 1 fully saturated rings. The predicted molar refractivity (Wildman–Crippen MR) is 117 cm³/mol. The molecule has 9 nitrogen and oxygen atoms in total. The minimum atomic E-state index is -0.265. The van der Waals surface area contributed by atoms with Gasteiger partial charge >= 0.3 is 0 Å². The van der Waals surface area contributed by atoms with Gasteiger partial charge in [0, 0.05) is 12.8 Å². The monoisotopic (exact) mass is 448 g/mol. The van der Waals surface area contributed by atoms with Gasteiger partial charge in [-0.1, -0.05) is 28.9 Å². The Labute approximate surface area is 186 Å². The predicted octanol–water partition coefficient (Wildman–Crippen LogP) is 3.30. The fraction of sp³-hybridized carbons (Fsp3) is 0.227. The number of ether oxygens (including phenoxy) is 1. The molecule has 1 atom stereocenters. The molecule has 0 spiro atoms. The molecule has 1 aromatic carbocycles. The number of rotatable bonds is 4. The second-order valence-electron chi connectivity index (χ2n) is 7.65. The van der Waals surface area contributed by atoms with E-state index in [0.29, 0.717) is 40.9 Å². The number of aromatic nitrogens is 6. The minimum Gasteiger partial charge on any atom is -0.381 e. The largest absolute Gasteiger partial charge is 0.381 e. The quantitative estimate of drug-likeness (QED) is 0.415. The van der Waals surface area contributed by atoms with Crippen molar-refractivity contribution >= 4 is 28.2 Å². The van der Waals surface area contributed by atoms with E-state index in [9.17, 15) is 4.79 Å². The van der Waals surface area contributed by atoms with Crippen LogP contribution in [-0.2, 0) is 11.3 Å². The number of para-hydroxylation sites is 1. The van der Waals surface area contributed by atoms with Crippen molar-refractivity contribution < 1.29 is 9.26 Å². The lowest BCUT2D eigenvalue weighted by atomic mass is 10.1. The van der Waals surface area contributed by atoms with Gasteiger partial charge in [0.05, 0.1) is 40.8 Å². The van der Waals surface area contributed by atoms with Crippen LogP contribution < -0.4 is 5.56 Å². The summed E-state index contributed by atoms with van der Waals surface area (Å²) < 4.78 is 14.2. The van der Waals surface area contributed by atoms with E-state index in [2.05, 4.69) is 20.1 Å². The van der Waals surface area contributed by atoms with Gasteiger partial charge in [0.15, 0.2) is 0 Å². The van der Waals surface area contributed by atoms with Crippen molar-refractivity contribution in [1.29, 1.82) is 0 Å². The fourth-order valence-electron chi connectivity index (χ4n) is 4.12. The summed E-state index contributed by atoms with van der Waals surface area (Å²) in [4.78, 5) is 27.1. The molecule has 0 amide bonds. The molecule has 1 aliphatic rings. The first-order chi connectivity index (χ1) is 15.7. The van der Waals surface area contributed by atoms with Crippen LogP contribution in [0, 0.1) is 0 Å². The average Bonchev–Trinajstić information content (AvgIpc) is 3.57. The van der Waals surface area contributed by atoms with Crippen LogP contribution in [0.15, 0.2) is 58.2 Å². The second-order valence-corrected chi connectivity index (χ2v) is 8.06. The number of imidazole rings is 1. The molecule has 5 heterocycles. The maximum Gasteiger partial charge on any atom is 0.278 e. The van der Waals surface area contributed by atoms with Gasteiger partial charge in [-0.15, -0.1) is 0 Å². The molecule has 10 heteroatoms. The lowest BCUT2D eigenvalue weighted by Crippen LogP contribution is -2.24. The summed E-state index contributed by atoms with van der Waals surface area (Å²) in [7, 11) is 0.